The first-order valence-electron chi connectivity index (χ1n) is 5.58. The summed E-state index contributed by atoms with van der Waals surface area (Å²) < 4.78 is 6.85. The van der Waals surface area contributed by atoms with Crippen LogP contribution in [0.1, 0.15) is 0 Å². The maximum Gasteiger partial charge on any atom is 0.183 e. The third kappa shape index (κ3) is 3.27. The molecule has 2 aromatic rings. The molecular weight excluding hydrogens is 276 g/mol. The summed E-state index contributed by atoms with van der Waals surface area (Å²) in [5.74, 6) is 0.647. The van der Waals surface area contributed by atoms with Crippen LogP contribution in [0.15, 0.2) is 35.8 Å². The van der Waals surface area contributed by atoms with E-state index in [0.717, 1.165) is 5.69 Å². The average molecular weight is 288 g/mol. The number of benzene rings is 1. The fraction of sp³-hybridized carbons (Fsp3) is 0.167. The van der Waals surface area contributed by atoms with E-state index in [2.05, 4.69) is 20.4 Å². The lowest BCUT2D eigenvalue weighted by Gasteiger charge is -2.07. The Morgan fingerprint density at radius 3 is 2.95 bits per heavy atom. The number of methoxy groups -OCH3 is 1. The molecule has 0 aliphatic heterocycles. The van der Waals surface area contributed by atoms with Crippen LogP contribution in [0.25, 0.3) is 5.69 Å². The first kappa shape index (κ1) is 13.9. The molecule has 0 saturated heterocycles. The number of rotatable bonds is 3. The number of aliphatic imine (C=N–C) groups is 1. The number of nitrogens with zero attached hydrogens (tertiary/aromatic N) is 5. The van der Waals surface area contributed by atoms with E-state index in [0.29, 0.717) is 16.6 Å². The molecule has 1 aromatic carbocycles. The Labute approximate surface area is 120 Å². The summed E-state index contributed by atoms with van der Waals surface area (Å²) in [5.41, 5.74) is 1.43. The minimum atomic E-state index is 0.505. The van der Waals surface area contributed by atoms with Gasteiger partial charge in [0.25, 0.3) is 0 Å². The second-order valence-corrected chi connectivity index (χ2v) is 4.38. The number of nitrogens with one attached hydrogen (secondary N) is 1. The zero-order valence-corrected chi connectivity index (χ0v) is 11.8. The van der Waals surface area contributed by atoms with E-state index in [9.17, 15) is 0 Å². The van der Waals surface area contributed by atoms with Crippen molar-refractivity contribution >= 4 is 22.6 Å². The SMILES string of the molecule is COc1cc(N=C(NC#N)SC)cc(-n2cncn2)c1. The van der Waals surface area contributed by atoms with Gasteiger partial charge >= 0.3 is 0 Å². The molecule has 20 heavy (non-hydrogen) atoms. The smallest absolute Gasteiger partial charge is 0.183 e. The average Bonchev–Trinajstić information content (AvgIpc) is 3.00. The van der Waals surface area contributed by atoms with Crippen molar-refractivity contribution in [1.29, 1.82) is 5.26 Å². The van der Waals surface area contributed by atoms with Crippen LogP contribution in [0.3, 0.4) is 0 Å². The van der Waals surface area contributed by atoms with Crippen molar-refractivity contribution in [3.8, 4) is 17.6 Å². The molecule has 0 aliphatic rings. The van der Waals surface area contributed by atoms with Crippen LogP contribution in [0.4, 0.5) is 5.69 Å². The molecule has 0 bridgehead atoms. The minimum absolute atomic E-state index is 0.505. The number of hydrogen-bond acceptors (Lipinski definition) is 6. The van der Waals surface area contributed by atoms with Gasteiger partial charge in [0.05, 0.1) is 18.5 Å². The van der Waals surface area contributed by atoms with E-state index in [4.69, 9.17) is 10.00 Å². The number of nitriles is 1. The maximum absolute atomic E-state index is 8.65. The number of aromatic nitrogens is 3. The Morgan fingerprint density at radius 1 is 1.50 bits per heavy atom. The van der Waals surface area contributed by atoms with E-state index < -0.39 is 0 Å². The van der Waals surface area contributed by atoms with E-state index in [1.54, 1.807) is 24.2 Å². The molecule has 0 spiro atoms. The molecule has 8 heteroatoms. The Morgan fingerprint density at radius 2 is 2.35 bits per heavy atom. The van der Waals surface area contributed by atoms with Crippen molar-refractivity contribution in [3.63, 3.8) is 0 Å². The van der Waals surface area contributed by atoms with E-state index in [-0.39, 0.29) is 0 Å². The summed E-state index contributed by atoms with van der Waals surface area (Å²) in [7, 11) is 1.58. The van der Waals surface area contributed by atoms with Crippen molar-refractivity contribution in [3.05, 3.63) is 30.9 Å². The molecule has 1 aromatic heterocycles. The second-order valence-electron chi connectivity index (χ2n) is 3.59. The molecule has 0 aliphatic carbocycles. The third-order valence-electron chi connectivity index (χ3n) is 2.38. The van der Waals surface area contributed by atoms with Crippen molar-refractivity contribution in [2.24, 2.45) is 4.99 Å². The lowest BCUT2D eigenvalue weighted by atomic mass is 10.2. The summed E-state index contributed by atoms with van der Waals surface area (Å²) >= 11 is 1.35. The van der Waals surface area contributed by atoms with Crippen molar-refractivity contribution in [1.82, 2.24) is 20.1 Å². The second kappa shape index (κ2) is 6.58. The highest BCUT2D eigenvalue weighted by Crippen LogP contribution is 2.25. The Bertz CT molecular complexity index is 646. The first-order chi connectivity index (χ1) is 9.76. The van der Waals surface area contributed by atoms with Gasteiger partial charge in [-0.25, -0.2) is 14.7 Å². The number of hydrogen-bond donors (Lipinski definition) is 1. The summed E-state index contributed by atoms with van der Waals surface area (Å²) in [6.07, 6.45) is 6.72. The van der Waals surface area contributed by atoms with Gasteiger partial charge in [-0.3, -0.25) is 5.32 Å². The van der Waals surface area contributed by atoms with Crippen LogP contribution in [-0.2, 0) is 0 Å². The summed E-state index contributed by atoms with van der Waals surface area (Å²) in [6.45, 7) is 0. The van der Waals surface area contributed by atoms with Crippen LogP contribution in [-0.4, -0.2) is 33.3 Å². The lowest BCUT2D eigenvalue weighted by molar-refractivity contribution is 0.414. The Kier molecular flexibility index (Phi) is 4.57. The molecule has 0 atom stereocenters. The van der Waals surface area contributed by atoms with Crippen molar-refractivity contribution in [2.45, 2.75) is 0 Å². The number of thioether (sulfide) groups is 1. The first-order valence-corrected chi connectivity index (χ1v) is 6.81. The van der Waals surface area contributed by atoms with E-state index >= 15 is 0 Å². The Hall–Kier alpha value is -2.53. The molecule has 0 saturated carbocycles. The summed E-state index contributed by atoms with van der Waals surface area (Å²) in [6, 6.07) is 5.42. The predicted molar refractivity (Wildman–Crippen MR) is 77.3 cm³/mol. The van der Waals surface area contributed by atoms with Gasteiger partial charge in [-0.05, 0) is 12.3 Å². The molecular formula is C12H12N6OS. The highest BCUT2D eigenvalue weighted by atomic mass is 32.2. The molecule has 1 N–H and O–H groups in total. The van der Waals surface area contributed by atoms with Gasteiger partial charge in [-0.1, -0.05) is 11.8 Å². The number of amidine groups is 1. The molecule has 0 fully saturated rings. The molecule has 0 amide bonds. The van der Waals surface area contributed by atoms with E-state index in [1.165, 1.54) is 18.1 Å². The largest absolute Gasteiger partial charge is 0.497 e. The predicted octanol–water partition coefficient (Wildman–Crippen LogP) is 1.70. The fourth-order valence-electron chi connectivity index (χ4n) is 1.51. The van der Waals surface area contributed by atoms with Gasteiger partial charge in [0, 0.05) is 12.1 Å². The highest BCUT2D eigenvalue weighted by molar-refractivity contribution is 8.13. The summed E-state index contributed by atoms with van der Waals surface area (Å²) in [5, 5.41) is 15.7. The molecule has 0 radical (unpaired) electrons. The van der Waals surface area contributed by atoms with Crippen molar-refractivity contribution in [2.75, 3.05) is 13.4 Å². The van der Waals surface area contributed by atoms with Gasteiger partial charge in [-0.15, -0.1) is 0 Å². The normalized spacial score (nSPS) is 10.9. The Balaban J connectivity index is 2.43. The van der Waals surface area contributed by atoms with Crippen molar-refractivity contribution < 1.29 is 4.74 Å². The van der Waals surface area contributed by atoms with Gasteiger partial charge in [0.1, 0.15) is 18.4 Å². The van der Waals surface area contributed by atoms with Crippen LogP contribution in [0, 0.1) is 11.5 Å². The standard InChI is InChI=1S/C12H12N6OS/c1-19-11-4-9(17-12(20-2)15-6-13)3-10(5-11)18-8-14-7-16-18/h3-5,7-8H,1-2H3,(H,15,17). The van der Waals surface area contributed by atoms with Gasteiger partial charge in [-0.2, -0.15) is 10.4 Å². The fourth-order valence-corrected chi connectivity index (χ4v) is 1.86. The lowest BCUT2D eigenvalue weighted by Crippen LogP contribution is -2.12. The van der Waals surface area contributed by atoms with Crippen LogP contribution in [0.2, 0.25) is 0 Å². The molecule has 0 unspecified atom stereocenters. The van der Waals surface area contributed by atoms with Crippen LogP contribution in [0.5, 0.6) is 5.75 Å². The zero-order valence-electron chi connectivity index (χ0n) is 10.9. The monoisotopic (exact) mass is 288 g/mol. The molecule has 2 rings (SSSR count). The quantitative estimate of drug-likeness (QED) is 0.400. The zero-order chi connectivity index (χ0) is 14.4. The number of ether oxygens (including phenoxy) is 1. The van der Waals surface area contributed by atoms with Gasteiger partial charge in [0.2, 0.25) is 0 Å². The van der Waals surface area contributed by atoms with Crippen LogP contribution < -0.4 is 10.1 Å². The van der Waals surface area contributed by atoms with Gasteiger partial charge < -0.3 is 4.74 Å². The third-order valence-corrected chi connectivity index (χ3v) is 2.96. The van der Waals surface area contributed by atoms with Crippen LogP contribution >= 0.6 is 11.8 Å². The maximum atomic E-state index is 8.65. The van der Waals surface area contributed by atoms with Gasteiger partial charge in [0.15, 0.2) is 11.4 Å². The topological polar surface area (TPSA) is 88.1 Å². The highest BCUT2D eigenvalue weighted by Gasteiger charge is 2.05. The molecule has 1 heterocycles. The van der Waals surface area contributed by atoms with E-state index in [1.807, 2.05) is 24.6 Å². The molecule has 7 nitrogen and oxygen atoms in total. The molecule has 102 valence electrons. The summed E-state index contributed by atoms with van der Waals surface area (Å²) in [4.78, 5) is 8.26. The minimum Gasteiger partial charge on any atom is -0.497 e.